The number of aromatic nitrogens is 3. The lowest BCUT2D eigenvalue weighted by atomic mass is 10.1. The number of rotatable bonds is 3. The molecular formula is C57H45N3. The van der Waals surface area contributed by atoms with Crippen molar-refractivity contribution in [1.82, 2.24) is 13.7 Å². The Kier molecular flexibility index (Phi) is 9.55. The van der Waals surface area contributed by atoms with Crippen LogP contribution in [0.4, 0.5) is 0 Å². The summed E-state index contributed by atoms with van der Waals surface area (Å²) in [4.78, 5) is 0. The fourth-order valence-electron chi connectivity index (χ4n) is 8.93. The lowest BCUT2D eigenvalue weighted by molar-refractivity contribution is 1.18. The van der Waals surface area contributed by atoms with Gasteiger partial charge in [0.1, 0.15) is 0 Å². The average molecular weight is 772 g/mol. The van der Waals surface area contributed by atoms with Crippen LogP contribution >= 0.6 is 0 Å². The quantitative estimate of drug-likeness (QED) is 0.170. The van der Waals surface area contributed by atoms with Crippen LogP contribution in [-0.2, 0) is 0 Å². The zero-order chi connectivity index (χ0) is 40.6. The Bertz CT molecular complexity index is 3390. The summed E-state index contributed by atoms with van der Waals surface area (Å²) in [5.74, 6) is 0. The Morgan fingerprint density at radius 2 is 0.633 bits per heavy atom. The summed E-state index contributed by atoms with van der Waals surface area (Å²) in [5, 5.41) is 7.94. The predicted molar refractivity (Wildman–Crippen MR) is 257 cm³/mol. The maximum atomic E-state index is 2.34. The Hall–Kier alpha value is -7.62. The first-order valence-corrected chi connectivity index (χ1v) is 20.7. The highest BCUT2D eigenvalue weighted by atomic mass is 15.0. The first-order valence-electron chi connectivity index (χ1n) is 20.7. The van der Waals surface area contributed by atoms with E-state index < -0.39 is 0 Å². The number of hydrogen-bond acceptors (Lipinski definition) is 0. The van der Waals surface area contributed by atoms with Gasteiger partial charge in [-0.3, -0.25) is 0 Å². The molecule has 0 atom stereocenters. The van der Waals surface area contributed by atoms with E-state index in [4.69, 9.17) is 0 Å². The van der Waals surface area contributed by atoms with Gasteiger partial charge in [-0.05, 0) is 111 Å². The molecule has 0 radical (unpaired) electrons. The number of nitrogens with zero attached hydrogens (tertiary/aromatic N) is 3. The maximum Gasteiger partial charge on any atom is 0.0543 e. The molecule has 3 aromatic heterocycles. The van der Waals surface area contributed by atoms with Gasteiger partial charge in [0.2, 0.25) is 0 Å². The molecule has 12 rings (SSSR count). The molecule has 0 aliphatic rings. The lowest BCUT2D eigenvalue weighted by Crippen LogP contribution is -1.92. The number of para-hydroxylation sites is 6. The van der Waals surface area contributed by atoms with Gasteiger partial charge in [-0.15, -0.1) is 0 Å². The van der Waals surface area contributed by atoms with Crippen molar-refractivity contribution in [1.29, 1.82) is 0 Å². The van der Waals surface area contributed by atoms with Crippen molar-refractivity contribution in [2.75, 3.05) is 0 Å². The highest BCUT2D eigenvalue weighted by molar-refractivity contribution is 6.12. The molecule has 0 saturated heterocycles. The van der Waals surface area contributed by atoms with Gasteiger partial charge in [0.15, 0.2) is 0 Å². The number of benzene rings is 9. The summed E-state index contributed by atoms with van der Waals surface area (Å²) in [6.07, 6.45) is 0. The molecule has 60 heavy (non-hydrogen) atoms. The van der Waals surface area contributed by atoms with Crippen molar-refractivity contribution in [3.8, 4) is 17.1 Å². The molecule has 0 fully saturated rings. The smallest absolute Gasteiger partial charge is 0.0543 e. The highest BCUT2D eigenvalue weighted by Gasteiger charge is 2.14. The molecule has 0 spiro atoms. The van der Waals surface area contributed by atoms with Crippen LogP contribution in [0.3, 0.4) is 0 Å². The Balaban J connectivity index is 0.000000108. The number of aryl methyl sites for hydroxylation is 3. The summed E-state index contributed by atoms with van der Waals surface area (Å²) < 4.78 is 7.03. The van der Waals surface area contributed by atoms with Crippen LogP contribution in [-0.4, -0.2) is 13.7 Å². The predicted octanol–water partition coefficient (Wildman–Crippen LogP) is 15.3. The topological polar surface area (TPSA) is 14.8 Å². The van der Waals surface area contributed by atoms with Crippen LogP contribution in [0.25, 0.3) is 82.5 Å². The monoisotopic (exact) mass is 771 g/mol. The van der Waals surface area contributed by atoms with Gasteiger partial charge in [0.25, 0.3) is 0 Å². The van der Waals surface area contributed by atoms with Crippen LogP contribution in [0.1, 0.15) is 16.7 Å². The molecule has 0 unspecified atom stereocenters. The number of fused-ring (bicyclic) bond motifs is 9. The highest BCUT2D eigenvalue weighted by Crippen LogP contribution is 2.35. The molecule has 3 heteroatoms. The van der Waals surface area contributed by atoms with E-state index in [0.29, 0.717) is 0 Å². The maximum absolute atomic E-state index is 2.34. The van der Waals surface area contributed by atoms with E-state index in [9.17, 15) is 0 Å². The van der Waals surface area contributed by atoms with Crippen molar-refractivity contribution in [3.63, 3.8) is 0 Å². The number of hydrogen-bond donors (Lipinski definition) is 0. The molecule has 12 aromatic rings. The Morgan fingerprint density at radius 3 is 1.22 bits per heavy atom. The van der Waals surface area contributed by atoms with Crippen LogP contribution in [0.2, 0.25) is 0 Å². The Labute approximate surface area is 350 Å². The second kappa shape index (κ2) is 15.6. The van der Waals surface area contributed by atoms with E-state index in [1.54, 1.807) is 0 Å². The molecule has 0 aliphatic heterocycles. The normalized spacial score (nSPS) is 11.2. The molecule has 3 heterocycles. The SMILES string of the molecule is Cc1ccc2c(c1)c1ccccc1n2-c1ccccc1.Cc1ccc2c3ccccc3n(-c3ccccc3)c2c1.Cc1cccc2c1c1ccccc1n2-c1ccccc1. The standard InChI is InChI=1S/3C19H15N/c1-14-8-7-13-18-19(14)16-11-5-6-12-17(16)20(18)15-9-3-2-4-10-15;1-14-11-12-19-17(13-14)16-9-5-6-10-18(16)20(19)15-7-3-2-4-8-15;1-14-11-12-17-16-9-5-6-10-18(16)20(19(17)13-14)15-7-3-2-4-8-15/h3*2-13H,1H3. The fraction of sp³-hybridized carbons (Fsp3) is 0.0526. The zero-order valence-corrected chi connectivity index (χ0v) is 34.1. The lowest BCUT2D eigenvalue weighted by Gasteiger charge is -2.07. The van der Waals surface area contributed by atoms with Gasteiger partial charge in [-0.25, -0.2) is 0 Å². The van der Waals surface area contributed by atoms with Crippen LogP contribution < -0.4 is 0 Å². The van der Waals surface area contributed by atoms with Gasteiger partial charge in [-0.2, -0.15) is 0 Å². The Morgan fingerprint density at radius 1 is 0.250 bits per heavy atom. The summed E-state index contributed by atoms with van der Waals surface area (Å²) in [7, 11) is 0. The second-order valence-corrected chi connectivity index (χ2v) is 15.6. The van der Waals surface area contributed by atoms with Crippen molar-refractivity contribution in [2.45, 2.75) is 20.8 Å². The first kappa shape index (κ1) is 36.7. The van der Waals surface area contributed by atoms with Gasteiger partial charge in [-0.1, -0.05) is 145 Å². The van der Waals surface area contributed by atoms with Crippen molar-refractivity contribution >= 4 is 65.4 Å². The third-order valence-electron chi connectivity index (χ3n) is 11.6. The van der Waals surface area contributed by atoms with E-state index >= 15 is 0 Å². The van der Waals surface area contributed by atoms with E-state index in [0.717, 1.165) is 0 Å². The van der Waals surface area contributed by atoms with Gasteiger partial charge < -0.3 is 13.7 Å². The molecule has 3 nitrogen and oxygen atoms in total. The molecule has 0 N–H and O–H groups in total. The van der Waals surface area contributed by atoms with E-state index in [2.05, 4.69) is 253 Å². The van der Waals surface area contributed by atoms with E-state index in [1.165, 1.54) is 99.2 Å². The summed E-state index contributed by atoms with van der Waals surface area (Å²) >= 11 is 0. The average Bonchev–Trinajstić information content (AvgIpc) is 3.93. The third kappa shape index (κ3) is 6.51. The van der Waals surface area contributed by atoms with E-state index in [1.807, 2.05) is 0 Å². The minimum absolute atomic E-state index is 1.21. The van der Waals surface area contributed by atoms with Crippen molar-refractivity contribution in [3.05, 3.63) is 235 Å². The zero-order valence-electron chi connectivity index (χ0n) is 34.1. The molecule has 0 aliphatic carbocycles. The van der Waals surface area contributed by atoms with Gasteiger partial charge in [0, 0.05) is 49.4 Å². The molecule has 288 valence electrons. The minimum atomic E-state index is 1.21. The van der Waals surface area contributed by atoms with Crippen molar-refractivity contribution in [2.24, 2.45) is 0 Å². The van der Waals surface area contributed by atoms with E-state index in [-0.39, 0.29) is 0 Å². The molecule has 0 amide bonds. The first-order chi connectivity index (χ1) is 29.5. The molecular weight excluding hydrogens is 727 g/mol. The van der Waals surface area contributed by atoms with Crippen LogP contribution in [0.15, 0.2) is 218 Å². The third-order valence-corrected chi connectivity index (χ3v) is 11.6. The second-order valence-electron chi connectivity index (χ2n) is 15.6. The molecule has 0 saturated carbocycles. The van der Waals surface area contributed by atoms with Gasteiger partial charge >= 0.3 is 0 Å². The summed E-state index contributed by atoms with van der Waals surface area (Å²) in [5.41, 5.74) is 15.2. The summed E-state index contributed by atoms with van der Waals surface area (Å²) in [6, 6.07) is 77.4. The van der Waals surface area contributed by atoms with Crippen LogP contribution in [0, 0.1) is 20.8 Å². The van der Waals surface area contributed by atoms with Gasteiger partial charge in [0.05, 0.1) is 33.1 Å². The van der Waals surface area contributed by atoms with Crippen LogP contribution in [0.5, 0.6) is 0 Å². The molecule has 0 bridgehead atoms. The molecule has 9 aromatic carbocycles. The largest absolute Gasteiger partial charge is 0.309 e. The van der Waals surface area contributed by atoms with Crippen molar-refractivity contribution < 1.29 is 0 Å². The summed E-state index contributed by atoms with van der Waals surface area (Å²) in [6.45, 7) is 6.48. The fourth-order valence-corrected chi connectivity index (χ4v) is 8.93. The minimum Gasteiger partial charge on any atom is -0.309 e.